The van der Waals surface area contributed by atoms with Gasteiger partial charge in [-0.05, 0) is 30.9 Å². The van der Waals surface area contributed by atoms with Crippen molar-refractivity contribution in [1.82, 2.24) is 9.97 Å². The van der Waals surface area contributed by atoms with Gasteiger partial charge in [0, 0.05) is 16.8 Å². The van der Waals surface area contributed by atoms with Crippen LogP contribution in [0.5, 0.6) is 0 Å². The van der Waals surface area contributed by atoms with Crippen LogP contribution in [0.2, 0.25) is 5.28 Å². The van der Waals surface area contributed by atoms with E-state index in [9.17, 15) is 0 Å². The summed E-state index contributed by atoms with van der Waals surface area (Å²) in [7, 11) is 0. The first-order chi connectivity index (χ1) is 7.84. The Balaban J connectivity index is 2.21. The largest absolute Gasteiger partial charge is 0.223 e. The van der Waals surface area contributed by atoms with Crippen LogP contribution in [0.4, 0.5) is 0 Å². The Kier molecular flexibility index (Phi) is 2.37. The molecule has 0 unspecified atom stereocenters. The molecule has 80 valence electrons. The number of rotatable bonds is 1. The molecule has 3 heteroatoms. The van der Waals surface area contributed by atoms with Crippen molar-refractivity contribution in [2.24, 2.45) is 0 Å². The van der Waals surface area contributed by atoms with Gasteiger partial charge in [-0.3, -0.25) is 0 Å². The number of hydrogen-bond acceptors (Lipinski definition) is 2. The minimum atomic E-state index is 0.361. The molecule has 0 radical (unpaired) electrons. The highest BCUT2D eigenvalue weighted by molar-refractivity contribution is 6.28. The molecule has 1 aliphatic rings. The Morgan fingerprint density at radius 3 is 2.62 bits per heavy atom. The van der Waals surface area contributed by atoms with Crippen molar-refractivity contribution in [2.45, 2.75) is 19.3 Å². The average Bonchev–Trinajstić information content (AvgIpc) is 2.77. The highest BCUT2D eigenvalue weighted by Gasteiger charge is 2.19. The van der Waals surface area contributed by atoms with Gasteiger partial charge in [0.05, 0.1) is 5.69 Å². The van der Waals surface area contributed by atoms with E-state index >= 15 is 0 Å². The minimum Gasteiger partial charge on any atom is -0.223 e. The predicted octanol–water partition coefficient (Wildman–Crippen LogP) is 3.29. The lowest BCUT2D eigenvalue weighted by atomic mass is 10.1. The normalized spacial score (nSPS) is 13.8. The molecule has 0 aliphatic heterocycles. The van der Waals surface area contributed by atoms with Crippen molar-refractivity contribution in [1.29, 1.82) is 0 Å². The first-order valence-electron chi connectivity index (χ1n) is 5.45. The summed E-state index contributed by atoms with van der Waals surface area (Å²) in [6.07, 6.45) is 3.25. The summed E-state index contributed by atoms with van der Waals surface area (Å²) in [6.45, 7) is 0. The van der Waals surface area contributed by atoms with E-state index < -0.39 is 0 Å². The molecule has 0 saturated carbocycles. The van der Waals surface area contributed by atoms with E-state index in [1.165, 1.54) is 5.56 Å². The van der Waals surface area contributed by atoms with Crippen molar-refractivity contribution in [3.63, 3.8) is 0 Å². The molecule has 16 heavy (non-hydrogen) atoms. The zero-order valence-electron chi connectivity index (χ0n) is 8.78. The van der Waals surface area contributed by atoms with Gasteiger partial charge in [0.15, 0.2) is 0 Å². The molecule has 2 aromatic rings. The third-order valence-corrected chi connectivity index (χ3v) is 3.12. The lowest BCUT2D eigenvalue weighted by molar-refractivity contribution is 0.899. The van der Waals surface area contributed by atoms with Crippen molar-refractivity contribution in [3.8, 4) is 11.3 Å². The number of nitrogens with zero attached hydrogens (tertiary/aromatic N) is 2. The summed E-state index contributed by atoms with van der Waals surface area (Å²) in [6, 6.07) is 10.2. The topological polar surface area (TPSA) is 25.8 Å². The molecule has 0 spiro atoms. The van der Waals surface area contributed by atoms with E-state index in [2.05, 4.69) is 22.1 Å². The number of hydrogen-bond donors (Lipinski definition) is 0. The number of benzene rings is 1. The second-order valence-corrected chi connectivity index (χ2v) is 4.32. The molecule has 0 atom stereocenters. The Morgan fingerprint density at radius 1 is 1.00 bits per heavy atom. The number of aromatic nitrogens is 2. The third-order valence-electron chi connectivity index (χ3n) is 2.95. The standard InChI is InChI=1S/C13H11ClN2/c14-13-15-11-8-4-7-10(11)12(16-13)9-5-2-1-3-6-9/h1-3,5-6H,4,7-8H2. The molecular weight excluding hydrogens is 220 g/mol. The molecule has 1 heterocycles. The minimum absolute atomic E-state index is 0.361. The van der Waals surface area contributed by atoms with E-state index in [0.29, 0.717) is 5.28 Å². The maximum absolute atomic E-state index is 5.96. The Morgan fingerprint density at radius 2 is 1.81 bits per heavy atom. The summed E-state index contributed by atoms with van der Waals surface area (Å²) in [4.78, 5) is 8.66. The van der Waals surface area contributed by atoms with Crippen LogP contribution >= 0.6 is 11.6 Å². The van der Waals surface area contributed by atoms with Gasteiger partial charge in [0.25, 0.3) is 0 Å². The van der Waals surface area contributed by atoms with E-state index in [0.717, 1.165) is 36.2 Å². The summed E-state index contributed by atoms with van der Waals surface area (Å²) >= 11 is 5.96. The highest BCUT2D eigenvalue weighted by Crippen LogP contribution is 2.30. The smallest absolute Gasteiger partial charge is 0.223 e. The highest BCUT2D eigenvalue weighted by atomic mass is 35.5. The molecule has 0 fully saturated rings. The van der Waals surface area contributed by atoms with Gasteiger partial charge in [-0.15, -0.1) is 0 Å². The van der Waals surface area contributed by atoms with Gasteiger partial charge in [0.1, 0.15) is 0 Å². The monoisotopic (exact) mass is 230 g/mol. The van der Waals surface area contributed by atoms with Crippen LogP contribution in [0.15, 0.2) is 30.3 Å². The fourth-order valence-corrected chi connectivity index (χ4v) is 2.42. The molecule has 3 rings (SSSR count). The molecule has 0 bridgehead atoms. The van der Waals surface area contributed by atoms with Crippen LogP contribution in [-0.4, -0.2) is 9.97 Å². The van der Waals surface area contributed by atoms with Gasteiger partial charge < -0.3 is 0 Å². The van der Waals surface area contributed by atoms with Crippen molar-refractivity contribution in [2.75, 3.05) is 0 Å². The number of aryl methyl sites for hydroxylation is 1. The van der Waals surface area contributed by atoms with Crippen molar-refractivity contribution in [3.05, 3.63) is 46.9 Å². The molecule has 0 N–H and O–H groups in total. The molecule has 1 aromatic heterocycles. The maximum atomic E-state index is 5.96. The van der Waals surface area contributed by atoms with Gasteiger partial charge >= 0.3 is 0 Å². The van der Waals surface area contributed by atoms with Crippen molar-refractivity contribution < 1.29 is 0 Å². The van der Waals surface area contributed by atoms with Crippen LogP contribution < -0.4 is 0 Å². The molecule has 1 aromatic carbocycles. The van der Waals surface area contributed by atoms with Gasteiger partial charge in [0.2, 0.25) is 5.28 Å². The summed E-state index contributed by atoms with van der Waals surface area (Å²) in [5.41, 5.74) is 4.53. The van der Waals surface area contributed by atoms with Crippen LogP contribution in [0.25, 0.3) is 11.3 Å². The lowest BCUT2D eigenvalue weighted by Crippen LogP contribution is -1.97. The van der Waals surface area contributed by atoms with Gasteiger partial charge in [-0.1, -0.05) is 30.3 Å². The zero-order chi connectivity index (χ0) is 11.0. The summed E-state index contributed by atoms with van der Waals surface area (Å²) < 4.78 is 0. The Hall–Kier alpha value is -1.41. The van der Waals surface area contributed by atoms with Crippen LogP contribution in [-0.2, 0) is 12.8 Å². The Labute approximate surface area is 99.3 Å². The number of halogens is 1. The quantitative estimate of drug-likeness (QED) is 0.703. The first kappa shape index (κ1) is 9.79. The van der Waals surface area contributed by atoms with E-state index in [1.807, 2.05) is 18.2 Å². The summed E-state index contributed by atoms with van der Waals surface area (Å²) in [5.74, 6) is 0. The van der Waals surface area contributed by atoms with Crippen LogP contribution in [0.3, 0.4) is 0 Å². The predicted molar refractivity (Wildman–Crippen MR) is 64.5 cm³/mol. The average molecular weight is 231 g/mol. The van der Waals surface area contributed by atoms with Crippen LogP contribution in [0.1, 0.15) is 17.7 Å². The molecule has 0 saturated heterocycles. The fraction of sp³-hybridized carbons (Fsp3) is 0.231. The SMILES string of the molecule is Clc1nc2c(c(-c3ccccc3)n1)CCC2. The molecule has 2 nitrogen and oxygen atoms in total. The third kappa shape index (κ3) is 1.59. The zero-order valence-corrected chi connectivity index (χ0v) is 9.54. The maximum Gasteiger partial charge on any atom is 0.223 e. The van der Waals surface area contributed by atoms with Gasteiger partial charge in [-0.2, -0.15) is 0 Å². The first-order valence-corrected chi connectivity index (χ1v) is 5.83. The van der Waals surface area contributed by atoms with Crippen molar-refractivity contribution >= 4 is 11.6 Å². The molecule has 0 amide bonds. The Bertz CT molecular complexity index is 523. The fourth-order valence-electron chi connectivity index (χ4n) is 2.24. The van der Waals surface area contributed by atoms with E-state index in [1.54, 1.807) is 0 Å². The van der Waals surface area contributed by atoms with E-state index in [-0.39, 0.29) is 0 Å². The second kappa shape index (κ2) is 3.87. The summed E-state index contributed by atoms with van der Waals surface area (Å²) in [5, 5.41) is 0.361. The molecular formula is C13H11ClN2. The van der Waals surface area contributed by atoms with E-state index in [4.69, 9.17) is 11.6 Å². The van der Waals surface area contributed by atoms with Crippen LogP contribution in [0, 0.1) is 0 Å². The second-order valence-electron chi connectivity index (χ2n) is 3.99. The lowest BCUT2D eigenvalue weighted by Gasteiger charge is -2.07. The molecule has 1 aliphatic carbocycles. The van der Waals surface area contributed by atoms with Gasteiger partial charge in [-0.25, -0.2) is 9.97 Å². The number of fused-ring (bicyclic) bond motifs is 1.